The van der Waals surface area contributed by atoms with Crippen molar-refractivity contribution in [3.05, 3.63) is 23.4 Å². The Morgan fingerprint density at radius 2 is 2.46 bits per heavy atom. The molecule has 1 atom stereocenters. The Hall–Kier alpha value is -0.800. The second-order valence-corrected chi connectivity index (χ2v) is 3.44. The van der Waals surface area contributed by atoms with Gasteiger partial charge in [-0.1, -0.05) is 17.7 Å². The summed E-state index contributed by atoms with van der Waals surface area (Å²) in [6.45, 7) is 1.59. The van der Waals surface area contributed by atoms with Crippen molar-refractivity contribution < 1.29 is 4.74 Å². The summed E-state index contributed by atoms with van der Waals surface area (Å²) >= 11 is 5.75. The molecule has 0 bridgehead atoms. The summed E-state index contributed by atoms with van der Waals surface area (Å²) in [5.74, 6) is 0.822. The highest BCUT2D eigenvalue weighted by molar-refractivity contribution is 6.29. The average Bonchev–Trinajstić information content (AvgIpc) is 2.57. The Morgan fingerprint density at radius 3 is 3.15 bits per heavy atom. The summed E-state index contributed by atoms with van der Waals surface area (Å²) in [6, 6.07) is 5.93. The molecule has 0 aromatic carbocycles. The van der Waals surface area contributed by atoms with E-state index in [1.807, 2.05) is 12.1 Å². The van der Waals surface area contributed by atoms with Gasteiger partial charge in [0.15, 0.2) is 0 Å². The third kappa shape index (κ3) is 2.32. The first kappa shape index (κ1) is 8.78. The largest absolute Gasteiger partial charge is 0.379 e. The molecule has 0 radical (unpaired) electrons. The number of hydrogen-bond acceptors (Lipinski definition) is 3. The Bertz CT molecular complexity index is 287. The van der Waals surface area contributed by atoms with Gasteiger partial charge < -0.3 is 10.1 Å². The monoisotopic (exact) mass is 198 g/mol. The molecule has 1 aliphatic heterocycles. The van der Waals surface area contributed by atoms with Crippen LogP contribution in [0.1, 0.15) is 6.42 Å². The second kappa shape index (κ2) is 3.94. The smallest absolute Gasteiger partial charge is 0.131 e. The van der Waals surface area contributed by atoms with Crippen molar-refractivity contribution in [1.82, 2.24) is 4.98 Å². The Balaban J connectivity index is 2.00. The molecule has 1 aromatic rings. The molecule has 1 unspecified atom stereocenters. The maximum absolute atomic E-state index is 5.75. The van der Waals surface area contributed by atoms with Crippen LogP contribution < -0.4 is 5.32 Å². The summed E-state index contributed by atoms with van der Waals surface area (Å²) in [4.78, 5) is 4.14. The lowest BCUT2D eigenvalue weighted by molar-refractivity contribution is 0.195. The fourth-order valence-corrected chi connectivity index (χ4v) is 1.51. The van der Waals surface area contributed by atoms with Crippen LogP contribution in [0.25, 0.3) is 0 Å². The maximum atomic E-state index is 5.75. The number of halogens is 1. The zero-order valence-electron chi connectivity index (χ0n) is 7.16. The molecule has 4 heteroatoms. The number of pyridine rings is 1. The molecule has 2 heterocycles. The van der Waals surface area contributed by atoms with E-state index in [-0.39, 0.29) is 0 Å². The van der Waals surface area contributed by atoms with Crippen LogP contribution in [-0.2, 0) is 4.74 Å². The molecule has 1 aromatic heterocycles. The van der Waals surface area contributed by atoms with E-state index >= 15 is 0 Å². The molecule has 13 heavy (non-hydrogen) atoms. The standard InChI is InChI=1S/C9H11ClN2O/c10-8-2-1-3-9(12-8)11-7-4-5-13-6-7/h1-3,7H,4-6H2,(H,11,12). The van der Waals surface area contributed by atoms with Gasteiger partial charge in [-0.05, 0) is 18.6 Å². The lowest BCUT2D eigenvalue weighted by Crippen LogP contribution is -2.19. The molecule has 70 valence electrons. The van der Waals surface area contributed by atoms with Gasteiger partial charge in [0.2, 0.25) is 0 Å². The van der Waals surface area contributed by atoms with Crippen LogP contribution in [0.15, 0.2) is 18.2 Å². The molecule has 0 saturated carbocycles. The number of nitrogens with one attached hydrogen (secondary N) is 1. The van der Waals surface area contributed by atoms with Crippen molar-refractivity contribution in [3.8, 4) is 0 Å². The molecule has 3 nitrogen and oxygen atoms in total. The van der Waals surface area contributed by atoms with Crippen LogP contribution in [0, 0.1) is 0 Å². The number of ether oxygens (including phenoxy) is 1. The van der Waals surface area contributed by atoms with Crippen molar-refractivity contribution in [2.75, 3.05) is 18.5 Å². The minimum absolute atomic E-state index is 0.381. The van der Waals surface area contributed by atoms with Crippen molar-refractivity contribution in [2.24, 2.45) is 0 Å². The lowest BCUT2D eigenvalue weighted by Gasteiger charge is -2.10. The predicted octanol–water partition coefficient (Wildman–Crippen LogP) is 1.94. The van der Waals surface area contributed by atoms with E-state index in [0.29, 0.717) is 11.2 Å². The number of nitrogens with zero attached hydrogens (tertiary/aromatic N) is 1. The highest BCUT2D eigenvalue weighted by atomic mass is 35.5. The Kier molecular flexibility index (Phi) is 2.66. The van der Waals surface area contributed by atoms with Crippen molar-refractivity contribution in [2.45, 2.75) is 12.5 Å². The quantitative estimate of drug-likeness (QED) is 0.738. The first-order chi connectivity index (χ1) is 6.34. The predicted molar refractivity (Wildman–Crippen MR) is 52.1 cm³/mol. The average molecular weight is 199 g/mol. The van der Waals surface area contributed by atoms with E-state index in [2.05, 4.69) is 10.3 Å². The summed E-state index contributed by atoms with van der Waals surface area (Å²) in [5, 5.41) is 3.78. The summed E-state index contributed by atoms with van der Waals surface area (Å²) in [5.41, 5.74) is 0. The number of rotatable bonds is 2. The molecule has 1 saturated heterocycles. The third-order valence-electron chi connectivity index (χ3n) is 2.00. The Morgan fingerprint density at radius 1 is 1.54 bits per heavy atom. The van der Waals surface area contributed by atoms with Crippen molar-refractivity contribution in [3.63, 3.8) is 0 Å². The van der Waals surface area contributed by atoms with Gasteiger partial charge in [0.05, 0.1) is 12.6 Å². The van der Waals surface area contributed by atoms with Gasteiger partial charge in [-0.3, -0.25) is 0 Å². The van der Waals surface area contributed by atoms with Crippen LogP contribution in [0.3, 0.4) is 0 Å². The van der Waals surface area contributed by atoms with Gasteiger partial charge in [0.25, 0.3) is 0 Å². The van der Waals surface area contributed by atoms with E-state index in [9.17, 15) is 0 Å². The van der Waals surface area contributed by atoms with Gasteiger partial charge >= 0.3 is 0 Å². The zero-order chi connectivity index (χ0) is 9.10. The highest BCUT2D eigenvalue weighted by Crippen LogP contribution is 2.13. The van der Waals surface area contributed by atoms with Crippen molar-refractivity contribution >= 4 is 17.4 Å². The van der Waals surface area contributed by atoms with Crippen LogP contribution in [0.2, 0.25) is 5.15 Å². The van der Waals surface area contributed by atoms with Crippen LogP contribution in [0.5, 0.6) is 0 Å². The number of aromatic nitrogens is 1. The minimum Gasteiger partial charge on any atom is -0.379 e. The summed E-state index contributed by atoms with van der Waals surface area (Å²) in [6.07, 6.45) is 1.04. The van der Waals surface area contributed by atoms with Crippen LogP contribution >= 0.6 is 11.6 Å². The van der Waals surface area contributed by atoms with E-state index in [1.54, 1.807) is 6.07 Å². The minimum atomic E-state index is 0.381. The van der Waals surface area contributed by atoms with Gasteiger partial charge in [0, 0.05) is 6.61 Å². The summed E-state index contributed by atoms with van der Waals surface area (Å²) in [7, 11) is 0. The first-order valence-electron chi connectivity index (χ1n) is 4.31. The molecule has 1 fully saturated rings. The number of anilines is 1. The molecule has 0 amide bonds. The van der Waals surface area contributed by atoms with E-state index in [4.69, 9.17) is 16.3 Å². The fourth-order valence-electron chi connectivity index (χ4n) is 1.35. The topological polar surface area (TPSA) is 34.1 Å². The van der Waals surface area contributed by atoms with Crippen LogP contribution in [0.4, 0.5) is 5.82 Å². The zero-order valence-corrected chi connectivity index (χ0v) is 7.92. The Labute approximate surface area is 82.1 Å². The SMILES string of the molecule is Clc1cccc(NC2CCOC2)n1. The van der Waals surface area contributed by atoms with Gasteiger partial charge in [-0.25, -0.2) is 4.98 Å². The van der Waals surface area contributed by atoms with Gasteiger partial charge in [-0.15, -0.1) is 0 Å². The van der Waals surface area contributed by atoms with Crippen molar-refractivity contribution in [1.29, 1.82) is 0 Å². The number of hydrogen-bond donors (Lipinski definition) is 1. The molecule has 1 N–H and O–H groups in total. The molecule has 0 aliphatic carbocycles. The molecule has 2 rings (SSSR count). The highest BCUT2D eigenvalue weighted by Gasteiger charge is 2.15. The molecule has 0 spiro atoms. The normalized spacial score (nSPS) is 21.8. The maximum Gasteiger partial charge on any atom is 0.131 e. The molecule has 1 aliphatic rings. The summed E-state index contributed by atoms with van der Waals surface area (Å²) < 4.78 is 5.24. The van der Waals surface area contributed by atoms with E-state index in [1.165, 1.54) is 0 Å². The molecular formula is C9H11ClN2O. The van der Waals surface area contributed by atoms with E-state index in [0.717, 1.165) is 25.5 Å². The van der Waals surface area contributed by atoms with E-state index < -0.39 is 0 Å². The lowest BCUT2D eigenvalue weighted by atomic mass is 10.2. The first-order valence-corrected chi connectivity index (χ1v) is 4.69. The second-order valence-electron chi connectivity index (χ2n) is 3.05. The third-order valence-corrected chi connectivity index (χ3v) is 2.21. The molecular weight excluding hydrogens is 188 g/mol. The van der Waals surface area contributed by atoms with Crippen LogP contribution in [-0.4, -0.2) is 24.2 Å². The van der Waals surface area contributed by atoms with Gasteiger partial charge in [-0.2, -0.15) is 0 Å². The fraction of sp³-hybridized carbons (Fsp3) is 0.444. The van der Waals surface area contributed by atoms with Gasteiger partial charge in [0.1, 0.15) is 11.0 Å².